The summed E-state index contributed by atoms with van der Waals surface area (Å²) >= 11 is 0. The van der Waals surface area contributed by atoms with E-state index in [1.807, 2.05) is 0 Å². The molecule has 1 fully saturated rings. The van der Waals surface area contributed by atoms with Crippen LogP contribution >= 0.6 is 0 Å². The van der Waals surface area contributed by atoms with Gasteiger partial charge in [0.25, 0.3) is 0 Å². The number of nitrogens with zero attached hydrogens (tertiary/aromatic N) is 1. The van der Waals surface area contributed by atoms with Crippen LogP contribution in [0.15, 0.2) is 48.5 Å². The number of hydrogen-bond donors (Lipinski definition) is 1. The van der Waals surface area contributed by atoms with Crippen LogP contribution in [0.25, 0.3) is 0 Å². The summed E-state index contributed by atoms with van der Waals surface area (Å²) in [6, 6.07) is 15.4. The van der Waals surface area contributed by atoms with E-state index in [0.717, 1.165) is 44.5 Å². The van der Waals surface area contributed by atoms with Gasteiger partial charge in [-0.25, -0.2) is 4.39 Å². The van der Waals surface area contributed by atoms with Gasteiger partial charge >= 0.3 is 0 Å². The molecule has 1 aliphatic heterocycles. The molecule has 3 atom stereocenters. The normalized spacial score (nSPS) is 26.9. The summed E-state index contributed by atoms with van der Waals surface area (Å²) in [6.45, 7) is 2.00. The van der Waals surface area contributed by atoms with Crippen LogP contribution in [0.2, 0.25) is 0 Å². The van der Waals surface area contributed by atoms with Gasteiger partial charge in [0, 0.05) is 12.6 Å². The molecule has 1 aliphatic carbocycles. The van der Waals surface area contributed by atoms with Crippen molar-refractivity contribution >= 4 is 0 Å². The Morgan fingerprint density at radius 2 is 1.84 bits per heavy atom. The molecular weight excluding hydrogens is 315 g/mol. The maximum Gasteiger partial charge on any atom is 0.139 e. The quantitative estimate of drug-likeness (QED) is 0.926. The molecule has 0 radical (unpaired) electrons. The highest BCUT2D eigenvalue weighted by atomic mass is 19.1. The number of fused-ring (bicyclic) bond motifs is 1. The van der Waals surface area contributed by atoms with Crippen LogP contribution in [0, 0.1) is 5.82 Å². The number of piperidine rings is 1. The molecule has 2 N–H and O–H groups in total. The molecule has 0 amide bonds. The maximum atomic E-state index is 13.2. The molecule has 2 unspecified atom stereocenters. The number of rotatable bonds is 3. The summed E-state index contributed by atoms with van der Waals surface area (Å²) < 4.78 is 19.6. The standard InChI is InChI=1S/C21H25FN2O/c22-16-8-10-18(11-9-16)25-21-19-6-2-1-4-15(19)7-12-20(21)24-13-3-5-17(23)14-24/h1-2,4,6,8-11,17,20-21H,3,5,7,12-14,23H2/t17-,20?,21?/m1/s1. The highest BCUT2D eigenvalue weighted by Crippen LogP contribution is 2.37. The molecule has 0 spiro atoms. The van der Waals surface area contributed by atoms with Crippen molar-refractivity contribution in [1.29, 1.82) is 0 Å². The zero-order chi connectivity index (χ0) is 17.2. The Morgan fingerprint density at radius 1 is 1.04 bits per heavy atom. The van der Waals surface area contributed by atoms with Crippen molar-refractivity contribution in [2.75, 3.05) is 13.1 Å². The maximum absolute atomic E-state index is 13.2. The predicted octanol–water partition coefficient (Wildman–Crippen LogP) is 3.68. The summed E-state index contributed by atoms with van der Waals surface area (Å²) in [7, 11) is 0. The van der Waals surface area contributed by atoms with Gasteiger partial charge in [-0.3, -0.25) is 4.90 Å². The molecule has 0 saturated carbocycles. The summed E-state index contributed by atoms with van der Waals surface area (Å²) in [4.78, 5) is 2.50. The lowest BCUT2D eigenvalue weighted by Crippen LogP contribution is -2.51. The van der Waals surface area contributed by atoms with E-state index in [1.54, 1.807) is 12.1 Å². The van der Waals surface area contributed by atoms with Gasteiger partial charge in [-0.2, -0.15) is 0 Å². The fourth-order valence-corrected chi connectivity index (χ4v) is 4.22. The smallest absolute Gasteiger partial charge is 0.139 e. The van der Waals surface area contributed by atoms with Crippen molar-refractivity contribution < 1.29 is 9.13 Å². The lowest BCUT2D eigenvalue weighted by Gasteiger charge is -2.43. The van der Waals surface area contributed by atoms with Crippen molar-refractivity contribution in [1.82, 2.24) is 4.90 Å². The molecule has 0 bridgehead atoms. The van der Waals surface area contributed by atoms with Crippen LogP contribution in [-0.4, -0.2) is 30.1 Å². The van der Waals surface area contributed by atoms with Crippen LogP contribution in [0.4, 0.5) is 4.39 Å². The Morgan fingerprint density at radius 3 is 2.64 bits per heavy atom. The zero-order valence-electron chi connectivity index (χ0n) is 14.4. The van der Waals surface area contributed by atoms with Crippen LogP contribution in [0.5, 0.6) is 5.75 Å². The molecule has 3 nitrogen and oxygen atoms in total. The Bertz CT molecular complexity index is 718. The first-order chi connectivity index (χ1) is 12.2. The molecule has 1 saturated heterocycles. The van der Waals surface area contributed by atoms with E-state index in [9.17, 15) is 4.39 Å². The van der Waals surface area contributed by atoms with Crippen molar-refractivity contribution in [3.05, 3.63) is 65.5 Å². The second-order valence-corrected chi connectivity index (χ2v) is 7.19. The van der Waals surface area contributed by atoms with Gasteiger partial charge in [0.15, 0.2) is 0 Å². The molecule has 1 heterocycles. The summed E-state index contributed by atoms with van der Waals surface area (Å²) in [6.07, 6.45) is 4.33. The molecule has 4 rings (SSSR count). The number of nitrogens with two attached hydrogens (primary N) is 1. The molecule has 25 heavy (non-hydrogen) atoms. The molecule has 2 aliphatic rings. The number of likely N-dealkylation sites (tertiary alicyclic amines) is 1. The van der Waals surface area contributed by atoms with Gasteiger partial charge in [0.2, 0.25) is 0 Å². The Balaban J connectivity index is 1.64. The highest BCUT2D eigenvalue weighted by molar-refractivity contribution is 5.35. The topological polar surface area (TPSA) is 38.5 Å². The van der Waals surface area contributed by atoms with E-state index in [2.05, 4.69) is 29.2 Å². The third-order valence-corrected chi connectivity index (χ3v) is 5.46. The summed E-state index contributed by atoms with van der Waals surface area (Å²) in [5.41, 5.74) is 8.82. The first-order valence-electron chi connectivity index (χ1n) is 9.20. The van der Waals surface area contributed by atoms with Gasteiger partial charge in [-0.15, -0.1) is 0 Å². The minimum atomic E-state index is -0.241. The minimum absolute atomic E-state index is 0.0410. The first-order valence-corrected chi connectivity index (χ1v) is 9.20. The van der Waals surface area contributed by atoms with Crippen LogP contribution < -0.4 is 10.5 Å². The molecule has 0 aromatic heterocycles. The van der Waals surface area contributed by atoms with Gasteiger partial charge < -0.3 is 10.5 Å². The number of aryl methyl sites for hydroxylation is 1. The van der Waals surface area contributed by atoms with E-state index in [-0.39, 0.29) is 18.0 Å². The summed E-state index contributed by atoms with van der Waals surface area (Å²) in [5, 5.41) is 0. The Kier molecular flexibility index (Phi) is 4.73. The monoisotopic (exact) mass is 340 g/mol. The lowest BCUT2D eigenvalue weighted by molar-refractivity contribution is 0.0367. The van der Waals surface area contributed by atoms with Gasteiger partial charge in [-0.1, -0.05) is 24.3 Å². The zero-order valence-corrected chi connectivity index (χ0v) is 14.4. The van der Waals surface area contributed by atoms with Crippen LogP contribution in [0.1, 0.15) is 36.5 Å². The average Bonchev–Trinajstić information content (AvgIpc) is 2.64. The van der Waals surface area contributed by atoms with E-state index in [0.29, 0.717) is 6.04 Å². The van der Waals surface area contributed by atoms with E-state index < -0.39 is 0 Å². The number of ether oxygens (including phenoxy) is 1. The molecule has 2 aromatic carbocycles. The second-order valence-electron chi connectivity index (χ2n) is 7.19. The molecule has 4 heteroatoms. The van der Waals surface area contributed by atoms with Gasteiger partial charge in [-0.05, 0) is 67.6 Å². The predicted molar refractivity (Wildman–Crippen MR) is 97.1 cm³/mol. The number of halogens is 1. The number of hydrogen-bond acceptors (Lipinski definition) is 3. The van der Waals surface area contributed by atoms with E-state index in [1.165, 1.54) is 23.3 Å². The molecular formula is C21H25FN2O. The second kappa shape index (κ2) is 7.14. The van der Waals surface area contributed by atoms with Crippen molar-refractivity contribution in [2.24, 2.45) is 5.73 Å². The summed E-state index contributed by atoms with van der Waals surface area (Å²) in [5.74, 6) is 0.476. The SMILES string of the molecule is N[C@@H]1CCCN(C2CCc3ccccc3C2Oc2ccc(F)cc2)C1. The van der Waals surface area contributed by atoms with E-state index >= 15 is 0 Å². The van der Waals surface area contributed by atoms with Crippen LogP contribution in [-0.2, 0) is 6.42 Å². The molecule has 132 valence electrons. The van der Waals surface area contributed by atoms with Crippen molar-refractivity contribution in [3.8, 4) is 5.75 Å². The van der Waals surface area contributed by atoms with Crippen LogP contribution in [0.3, 0.4) is 0 Å². The molecule has 2 aromatic rings. The Labute approximate surface area is 148 Å². The Hall–Kier alpha value is -1.91. The lowest BCUT2D eigenvalue weighted by atomic mass is 9.84. The number of benzene rings is 2. The minimum Gasteiger partial charge on any atom is -0.484 e. The first kappa shape index (κ1) is 16.6. The van der Waals surface area contributed by atoms with Gasteiger partial charge in [0.05, 0.1) is 6.04 Å². The van der Waals surface area contributed by atoms with Gasteiger partial charge in [0.1, 0.15) is 17.7 Å². The fraction of sp³-hybridized carbons (Fsp3) is 0.429. The largest absolute Gasteiger partial charge is 0.484 e. The van der Waals surface area contributed by atoms with E-state index in [4.69, 9.17) is 10.5 Å². The fourth-order valence-electron chi connectivity index (χ4n) is 4.22. The third kappa shape index (κ3) is 3.55. The third-order valence-electron chi connectivity index (χ3n) is 5.46. The van der Waals surface area contributed by atoms with Crippen molar-refractivity contribution in [2.45, 2.75) is 43.9 Å². The van der Waals surface area contributed by atoms with Crippen molar-refractivity contribution in [3.63, 3.8) is 0 Å². The average molecular weight is 340 g/mol. The highest BCUT2D eigenvalue weighted by Gasteiger charge is 2.36.